The average Bonchev–Trinajstić information content (AvgIpc) is 2.84. The summed E-state index contributed by atoms with van der Waals surface area (Å²) in [6.07, 6.45) is 1.21. The number of benzene rings is 1. The first-order chi connectivity index (χ1) is 7.90. The topological polar surface area (TPSA) is 49.3 Å². The standard InChI is InChI=1S/C13H16BrNO2/c1-13(2)6-11(13)15-7-9-4-3-8(12(16)17)5-10(9)14/h3-5,11,15H,6-7H2,1-2H3,(H,16,17). The molecule has 1 atom stereocenters. The van der Waals surface area contributed by atoms with Gasteiger partial charge in [-0.1, -0.05) is 35.8 Å². The molecule has 3 nitrogen and oxygen atoms in total. The second kappa shape index (κ2) is 4.42. The van der Waals surface area contributed by atoms with Crippen molar-refractivity contribution in [3.05, 3.63) is 33.8 Å². The third-order valence-corrected chi connectivity index (χ3v) is 4.09. The number of carboxylic acids is 1. The van der Waals surface area contributed by atoms with Crippen molar-refractivity contribution in [3.8, 4) is 0 Å². The summed E-state index contributed by atoms with van der Waals surface area (Å²) in [6.45, 7) is 5.26. The van der Waals surface area contributed by atoms with E-state index in [-0.39, 0.29) is 0 Å². The maximum Gasteiger partial charge on any atom is 0.335 e. The van der Waals surface area contributed by atoms with Crippen LogP contribution in [0.15, 0.2) is 22.7 Å². The van der Waals surface area contributed by atoms with E-state index in [1.807, 2.05) is 6.07 Å². The maximum atomic E-state index is 10.8. The minimum Gasteiger partial charge on any atom is -0.478 e. The number of halogens is 1. The molecule has 0 heterocycles. The van der Waals surface area contributed by atoms with Gasteiger partial charge >= 0.3 is 5.97 Å². The predicted octanol–water partition coefficient (Wildman–Crippen LogP) is 3.04. The second-order valence-corrected chi connectivity index (χ2v) is 6.09. The molecule has 0 amide bonds. The number of carbonyl (C=O) groups is 1. The van der Waals surface area contributed by atoms with E-state index in [0.29, 0.717) is 17.0 Å². The van der Waals surface area contributed by atoms with Gasteiger partial charge in [-0.3, -0.25) is 0 Å². The Morgan fingerprint density at radius 2 is 2.24 bits per heavy atom. The van der Waals surface area contributed by atoms with Gasteiger partial charge in [-0.25, -0.2) is 4.79 Å². The van der Waals surface area contributed by atoms with Gasteiger partial charge in [0, 0.05) is 17.1 Å². The normalized spacial score (nSPS) is 21.2. The van der Waals surface area contributed by atoms with Crippen LogP contribution in [0.2, 0.25) is 0 Å². The molecule has 2 rings (SSSR count). The lowest BCUT2D eigenvalue weighted by Crippen LogP contribution is -2.20. The van der Waals surface area contributed by atoms with Crippen molar-refractivity contribution in [1.29, 1.82) is 0 Å². The lowest BCUT2D eigenvalue weighted by atomic mass is 10.1. The van der Waals surface area contributed by atoms with Gasteiger partial charge in [-0.15, -0.1) is 0 Å². The van der Waals surface area contributed by atoms with E-state index in [2.05, 4.69) is 35.1 Å². The maximum absolute atomic E-state index is 10.8. The molecule has 1 aromatic carbocycles. The molecule has 1 aliphatic carbocycles. The Labute approximate surface area is 109 Å². The highest BCUT2D eigenvalue weighted by atomic mass is 79.9. The number of rotatable bonds is 4. The van der Waals surface area contributed by atoms with Crippen LogP contribution in [0, 0.1) is 5.41 Å². The molecule has 0 aliphatic heterocycles. The van der Waals surface area contributed by atoms with Gasteiger partial charge in [-0.05, 0) is 29.5 Å². The SMILES string of the molecule is CC1(C)CC1NCc1ccc(C(=O)O)cc1Br. The molecule has 17 heavy (non-hydrogen) atoms. The smallest absolute Gasteiger partial charge is 0.335 e. The lowest BCUT2D eigenvalue weighted by Gasteiger charge is -2.09. The summed E-state index contributed by atoms with van der Waals surface area (Å²) in [5.74, 6) is -0.895. The van der Waals surface area contributed by atoms with Gasteiger partial charge < -0.3 is 10.4 Å². The van der Waals surface area contributed by atoms with Crippen LogP contribution in [0.3, 0.4) is 0 Å². The molecule has 4 heteroatoms. The van der Waals surface area contributed by atoms with Crippen LogP contribution in [0.4, 0.5) is 0 Å². The minimum atomic E-state index is -0.895. The Kier molecular flexibility index (Phi) is 3.27. The van der Waals surface area contributed by atoms with Crippen molar-refractivity contribution in [2.24, 2.45) is 5.41 Å². The molecular formula is C13H16BrNO2. The molecular weight excluding hydrogens is 282 g/mol. The highest BCUT2D eigenvalue weighted by Gasteiger charge is 2.44. The van der Waals surface area contributed by atoms with Gasteiger partial charge in [0.1, 0.15) is 0 Å². The van der Waals surface area contributed by atoms with E-state index in [9.17, 15) is 4.79 Å². The van der Waals surface area contributed by atoms with Crippen LogP contribution in [-0.4, -0.2) is 17.1 Å². The molecule has 0 spiro atoms. The fourth-order valence-electron chi connectivity index (χ4n) is 1.87. The molecule has 1 fully saturated rings. The van der Waals surface area contributed by atoms with Crippen LogP contribution in [0.25, 0.3) is 0 Å². The summed E-state index contributed by atoms with van der Waals surface area (Å²) in [5, 5.41) is 12.3. The first kappa shape index (κ1) is 12.6. The molecule has 0 aromatic heterocycles. The van der Waals surface area contributed by atoms with E-state index in [4.69, 9.17) is 5.11 Å². The Balaban J connectivity index is 2.00. The first-order valence-electron chi connectivity index (χ1n) is 5.65. The van der Waals surface area contributed by atoms with Crippen LogP contribution in [-0.2, 0) is 6.54 Å². The van der Waals surface area contributed by atoms with Gasteiger partial charge in [0.05, 0.1) is 5.56 Å². The van der Waals surface area contributed by atoms with E-state index in [1.54, 1.807) is 12.1 Å². The Morgan fingerprint density at radius 1 is 1.59 bits per heavy atom. The van der Waals surface area contributed by atoms with Crippen molar-refractivity contribution < 1.29 is 9.90 Å². The molecule has 1 aromatic rings. The number of hydrogen-bond acceptors (Lipinski definition) is 2. The summed E-state index contributed by atoms with van der Waals surface area (Å²) in [4.78, 5) is 10.8. The van der Waals surface area contributed by atoms with Crippen molar-refractivity contribution in [2.75, 3.05) is 0 Å². The molecule has 0 saturated heterocycles. The molecule has 0 radical (unpaired) electrons. The number of aromatic carboxylic acids is 1. The Hall–Kier alpha value is -0.870. The van der Waals surface area contributed by atoms with Gasteiger partial charge in [0.15, 0.2) is 0 Å². The molecule has 1 saturated carbocycles. The van der Waals surface area contributed by atoms with Crippen LogP contribution < -0.4 is 5.32 Å². The van der Waals surface area contributed by atoms with E-state index < -0.39 is 5.97 Å². The summed E-state index contributed by atoms with van der Waals surface area (Å²) >= 11 is 3.41. The largest absolute Gasteiger partial charge is 0.478 e. The van der Waals surface area contributed by atoms with Crippen molar-refractivity contribution in [3.63, 3.8) is 0 Å². The van der Waals surface area contributed by atoms with Crippen molar-refractivity contribution >= 4 is 21.9 Å². The Morgan fingerprint density at radius 3 is 2.71 bits per heavy atom. The van der Waals surface area contributed by atoms with E-state index >= 15 is 0 Å². The fourth-order valence-corrected chi connectivity index (χ4v) is 2.39. The number of hydrogen-bond donors (Lipinski definition) is 2. The average molecular weight is 298 g/mol. The summed E-state index contributed by atoms with van der Waals surface area (Å²) in [6, 6.07) is 5.73. The zero-order valence-electron chi connectivity index (χ0n) is 9.96. The molecule has 0 bridgehead atoms. The quantitative estimate of drug-likeness (QED) is 0.898. The van der Waals surface area contributed by atoms with E-state index in [1.165, 1.54) is 6.42 Å². The zero-order chi connectivity index (χ0) is 12.6. The highest BCUT2D eigenvalue weighted by molar-refractivity contribution is 9.10. The van der Waals surface area contributed by atoms with Crippen molar-refractivity contribution in [1.82, 2.24) is 5.32 Å². The predicted molar refractivity (Wildman–Crippen MR) is 70.1 cm³/mol. The molecule has 1 aliphatic rings. The second-order valence-electron chi connectivity index (χ2n) is 5.24. The third-order valence-electron chi connectivity index (χ3n) is 3.35. The van der Waals surface area contributed by atoms with Crippen LogP contribution >= 0.6 is 15.9 Å². The van der Waals surface area contributed by atoms with Crippen molar-refractivity contribution in [2.45, 2.75) is 32.9 Å². The lowest BCUT2D eigenvalue weighted by molar-refractivity contribution is 0.0697. The summed E-state index contributed by atoms with van der Waals surface area (Å²) in [7, 11) is 0. The van der Waals surface area contributed by atoms with Gasteiger partial charge in [0.2, 0.25) is 0 Å². The monoisotopic (exact) mass is 297 g/mol. The molecule has 1 unspecified atom stereocenters. The van der Waals surface area contributed by atoms with Crippen LogP contribution in [0.5, 0.6) is 0 Å². The minimum absolute atomic E-state index is 0.312. The molecule has 2 N–H and O–H groups in total. The number of carboxylic acid groups (broad SMARTS) is 1. The Bertz CT molecular complexity index is 457. The third kappa shape index (κ3) is 2.87. The van der Waals surface area contributed by atoms with E-state index in [0.717, 1.165) is 16.6 Å². The van der Waals surface area contributed by atoms with Crippen LogP contribution in [0.1, 0.15) is 36.2 Å². The summed E-state index contributed by atoms with van der Waals surface area (Å²) < 4.78 is 0.850. The molecule has 92 valence electrons. The summed E-state index contributed by atoms with van der Waals surface area (Å²) in [5.41, 5.74) is 1.82. The van der Waals surface area contributed by atoms with Gasteiger partial charge in [-0.2, -0.15) is 0 Å². The highest BCUT2D eigenvalue weighted by Crippen LogP contribution is 2.44. The first-order valence-corrected chi connectivity index (χ1v) is 6.44. The fraction of sp³-hybridized carbons (Fsp3) is 0.462. The zero-order valence-corrected chi connectivity index (χ0v) is 11.5. The number of nitrogens with one attached hydrogen (secondary N) is 1. The van der Waals surface area contributed by atoms with Gasteiger partial charge in [0.25, 0.3) is 0 Å².